The van der Waals surface area contributed by atoms with Gasteiger partial charge in [0.2, 0.25) is 10.0 Å². The van der Waals surface area contributed by atoms with E-state index in [-0.39, 0.29) is 11.9 Å². The van der Waals surface area contributed by atoms with Gasteiger partial charge in [0.25, 0.3) is 0 Å². The number of rotatable bonds is 4. The molecule has 1 saturated heterocycles. The number of hydrogen-bond acceptors (Lipinski definition) is 4. The van der Waals surface area contributed by atoms with Gasteiger partial charge < -0.3 is 4.74 Å². The predicted octanol–water partition coefficient (Wildman–Crippen LogP) is 2.16. The Morgan fingerprint density at radius 2 is 2.25 bits per heavy atom. The van der Waals surface area contributed by atoms with Gasteiger partial charge in [0.15, 0.2) is 0 Å². The first kappa shape index (κ1) is 13.3. The van der Waals surface area contributed by atoms with Crippen LogP contribution in [-0.2, 0) is 14.8 Å². The second kappa shape index (κ2) is 5.38. The summed E-state index contributed by atoms with van der Waals surface area (Å²) in [4.78, 5) is 4.04. The van der Waals surface area contributed by atoms with Crippen molar-refractivity contribution in [2.24, 2.45) is 0 Å². The highest BCUT2D eigenvalue weighted by atomic mass is 32.2. The number of fused-ring (bicyclic) bond motifs is 1. The van der Waals surface area contributed by atoms with Crippen molar-refractivity contribution in [3.63, 3.8) is 0 Å². The average molecular weight is 292 g/mol. The summed E-state index contributed by atoms with van der Waals surface area (Å²) in [7, 11) is -3.40. The second-order valence-corrected chi connectivity index (χ2v) is 6.69. The van der Waals surface area contributed by atoms with Crippen molar-refractivity contribution >= 4 is 26.5 Å². The minimum absolute atomic E-state index is 0.00840. The first-order valence-electron chi connectivity index (χ1n) is 6.59. The third-order valence-corrected chi connectivity index (χ3v) is 4.72. The van der Waals surface area contributed by atoms with Gasteiger partial charge in [0.05, 0.1) is 17.5 Å². The number of nitrogens with zero attached hydrogens (tertiary/aromatic N) is 1. The first-order valence-corrected chi connectivity index (χ1v) is 8.24. The monoisotopic (exact) mass is 292 g/mol. The molecular weight excluding hydrogens is 276 g/mol. The van der Waals surface area contributed by atoms with Gasteiger partial charge >= 0.3 is 0 Å². The molecule has 2 heterocycles. The molecule has 0 amide bonds. The lowest BCUT2D eigenvalue weighted by Gasteiger charge is -2.13. The molecule has 0 bridgehead atoms. The number of benzene rings is 1. The van der Waals surface area contributed by atoms with E-state index in [1.165, 1.54) is 0 Å². The van der Waals surface area contributed by atoms with E-state index in [1.54, 1.807) is 24.5 Å². The lowest BCUT2D eigenvalue weighted by Crippen LogP contribution is -2.25. The van der Waals surface area contributed by atoms with Gasteiger partial charge in [-0.25, -0.2) is 8.42 Å². The number of ether oxygens (including phenoxy) is 1. The maximum atomic E-state index is 12.2. The minimum atomic E-state index is -3.40. The fraction of sp³-hybridized carbons (Fsp3) is 0.357. The van der Waals surface area contributed by atoms with Gasteiger partial charge in [-0.15, -0.1) is 0 Å². The summed E-state index contributed by atoms with van der Waals surface area (Å²) in [6.45, 7) is 0.653. The molecule has 0 radical (unpaired) electrons. The normalized spacial score (nSPS) is 19.3. The number of anilines is 1. The van der Waals surface area contributed by atoms with Crippen LogP contribution < -0.4 is 4.72 Å². The molecule has 20 heavy (non-hydrogen) atoms. The van der Waals surface area contributed by atoms with E-state index in [2.05, 4.69) is 9.71 Å². The molecule has 2 aromatic rings. The van der Waals surface area contributed by atoms with Crippen LogP contribution in [0.15, 0.2) is 36.7 Å². The molecule has 1 unspecified atom stereocenters. The second-order valence-electron chi connectivity index (χ2n) is 4.92. The van der Waals surface area contributed by atoms with Crippen molar-refractivity contribution in [2.45, 2.75) is 18.9 Å². The lowest BCUT2D eigenvalue weighted by atomic mass is 10.1. The summed E-state index contributed by atoms with van der Waals surface area (Å²) in [6.07, 6.45) is 4.91. The predicted molar refractivity (Wildman–Crippen MR) is 78.1 cm³/mol. The van der Waals surface area contributed by atoms with E-state index in [0.717, 1.165) is 23.6 Å². The van der Waals surface area contributed by atoms with Crippen LogP contribution in [0.3, 0.4) is 0 Å². The highest BCUT2D eigenvalue weighted by Crippen LogP contribution is 2.24. The average Bonchev–Trinajstić information content (AvgIpc) is 2.91. The molecule has 5 nitrogen and oxygen atoms in total. The zero-order chi connectivity index (χ0) is 14.0. The quantitative estimate of drug-likeness (QED) is 0.937. The standard InChI is InChI=1S/C14H16N2O3S/c17-20(18,10-12-4-2-8-19-12)16-14-5-1-3-11-9-15-7-6-13(11)14/h1,3,5-7,9,12,16H,2,4,8,10H2. The molecular formula is C14H16N2O3S. The Morgan fingerprint density at radius 3 is 3.05 bits per heavy atom. The SMILES string of the molecule is O=S(=O)(CC1CCCO1)Nc1cccc2cnccc12. The van der Waals surface area contributed by atoms with Gasteiger partial charge in [-0.3, -0.25) is 9.71 Å². The Morgan fingerprint density at radius 1 is 1.35 bits per heavy atom. The van der Waals surface area contributed by atoms with E-state index in [4.69, 9.17) is 4.74 Å². The summed E-state index contributed by atoms with van der Waals surface area (Å²) in [5, 5.41) is 1.75. The number of nitrogens with one attached hydrogen (secondary N) is 1. The Balaban J connectivity index is 1.85. The van der Waals surface area contributed by atoms with Crippen LogP contribution >= 0.6 is 0 Å². The molecule has 1 aromatic heterocycles. The zero-order valence-corrected chi connectivity index (χ0v) is 11.8. The van der Waals surface area contributed by atoms with Gasteiger partial charge in [-0.2, -0.15) is 0 Å². The summed E-state index contributed by atoms with van der Waals surface area (Å²) < 4.78 is 32.4. The van der Waals surface area contributed by atoms with Crippen LogP contribution in [-0.4, -0.2) is 31.9 Å². The maximum absolute atomic E-state index is 12.2. The molecule has 3 rings (SSSR count). The zero-order valence-electron chi connectivity index (χ0n) is 11.0. The fourth-order valence-corrected chi connectivity index (χ4v) is 3.79. The Bertz CT molecular complexity index is 704. The number of hydrogen-bond donors (Lipinski definition) is 1. The van der Waals surface area contributed by atoms with Gasteiger partial charge in [-0.05, 0) is 25.0 Å². The lowest BCUT2D eigenvalue weighted by molar-refractivity contribution is 0.127. The summed E-state index contributed by atoms with van der Waals surface area (Å²) in [5.41, 5.74) is 0.586. The smallest absolute Gasteiger partial charge is 0.235 e. The third kappa shape index (κ3) is 2.91. The fourth-order valence-electron chi connectivity index (χ4n) is 2.44. The Labute approximate surface area is 118 Å². The molecule has 0 aliphatic carbocycles. The van der Waals surface area contributed by atoms with Gasteiger partial charge in [0, 0.05) is 29.8 Å². The van der Waals surface area contributed by atoms with E-state index >= 15 is 0 Å². The largest absolute Gasteiger partial charge is 0.377 e. The number of aromatic nitrogens is 1. The Hall–Kier alpha value is -1.66. The van der Waals surface area contributed by atoms with E-state index < -0.39 is 10.0 Å². The van der Waals surface area contributed by atoms with Gasteiger partial charge in [-0.1, -0.05) is 12.1 Å². The summed E-state index contributed by atoms with van der Waals surface area (Å²) in [5.74, 6) is 0.00840. The molecule has 1 aliphatic rings. The molecule has 6 heteroatoms. The van der Waals surface area contributed by atoms with E-state index in [9.17, 15) is 8.42 Å². The van der Waals surface area contributed by atoms with Crippen molar-refractivity contribution in [3.05, 3.63) is 36.7 Å². The van der Waals surface area contributed by atoms with Crippen molar-refractivity contribution in [1.82, 2.24) is 4.98 Å². The van der Waals surface area contributed by atoms with Crippen LogP contribution in [0.4, 0.5) is 5.69 Å². The molecule has 1 fully saturated rings. The van der Waals surface area contributed by atoms with Gasteiger partial charge in [0.1, 0.15) is 0 Å². The van der Waals surface area contributed by atoms with E-state index in [0.29, 0.717) is 12.3 Å². The highest BCUT2D eigenvalue weighted by molar-refractivity contribution is 7.92. The van der Waals surface area contributed by atoms with Crippen LogP contribution in [0, 0.1) is 0 Å². The third-order valence-electron chi connectivity index (χ3n) is 3.38. The van der Waals surface area contributed by atoms with E-state index in [1.807, 2.05) is 12.1 Å². The molecule has 106 valence electrons. The van der Waals surface area contributed by atoms with Crippen LogP contribution in [0.1, 0.15) is 12.8 Å². The topological polar surface area (TPSA) is 68.3 Å². The van der Waals surface area contributed by atoms with Crippen LogP contribution in [0.25, 0.3) is 10.8 Å². The molecule has 1 N–H and O–H groups in total. The van der Waals surface area contributed by atoms with Crippen LogP contribution in [0.5, 0.6) is 0 Å². The summed E-state index contributed by atoms with van der Waals surface area (Å²) in [6, 6.07) is 7.28. The molecule has 0 saturated carbocycles. The highest BCUT2D eigenvalue weighted by Gasteiger charge is 2.23. The number of pyridine rings is 1. The molecule has 1 aromatic carbocycles. The van der Waals surface area contributed by atoms with Crippen LogP contribution in [0.2, 0.25) is 0 Å². The van der Waals surface area contributed by atoms with Crippen molar-refractivity contribution in [3.8, 4) is 0 Å². The minimum Gasteiger partial charge on any atom is -0.377 e. The van der Waals surface area contributed by atoms with Crippen molar-refractivity contribution < 1.29 is 13.2 Å². The Kier molecular flexibility index (Phi) is 3.58. The molecule has 1 aliphatic heterocycles. The maximum Gasteiger partial charge on any atom is 0.235 e. The molecule has 0 spiro atoms. The summed E-state index contributed by atoms with van der Waals surface area (Å²) >= 11 is 0. The number of sulfonamides is 1. The molecule has 1 atom stereocenters. The van der Waals surface area contributed by atoms with Crippen molar-refractivity contribution in [1.29, 1.82) is 0 Å². The first-order chi connectivity index (χ1) is 9.64. The van der Waals surface area contributed by atoms with Crippen molar-refractivity contribution in [2.75, 3.05) is 17.1 Å².